The molecule has 1 heterocycles. The fourth-order valence-electron chi connectivity index (χ4n) is 1.52. The summed E-state index contributed by atoms with van der Waals surface area (Å²) in [6.45, 7) is 1.76. The second-order valence-electron chi connectivity index (χ2n) is 3.58. The molecule has 1 unspecified atom stereocenters. The number of thiazole rings is 1. The van der Waals surface area contributed by atoms with Gasteiger partial charge >= 0.3 is 0 Å². The Balaban J connectivity index is 2.40. The van der Waals surface area contributed by atoms with E-state index < -0.39 is 11.9 Å². The predicted octanol–water partition coefficient (Wildman–Crippen LogP) is 2.91. The van der Waals surface area contributed by atoms with E-state index in [2.05, 4.69) is 4.98 Å². The molecule has 0 bridgehead atoms. The molecule has 0 fully saturated rings. The van der Waals surface area contributed by atoms with Crippen LogP contribution in [0.4, 0.5) is 9.52 Å². The number of benzene rings is 1. The van der Waals surface area contributed by atoms with Crippen LogP contribution in [0.25, 0.3) is 0 Å². The van der Waals surface area contributed by atoms with Gasteiger partial charge in [-0.1, -0.05) is 29.0 Å². The first-order valence-electron chi connectivity index (χ1n) is 4.85. The summed E-state index contributed by atoms with van der Waals surface area (Å²) in [5, 5.41) is 10.5. The minimum absolute atomic E-state index is 0.0170. The number of aliphatic hydroxyl groups excluding tert-OH is 1. The summed E-state index contributed by atoms with van der Waals surface area (Å²) in [5.41, 5.74) is 6.74. The number of nitrogens with two attached hydrogens (primary N) is 1. The van der Waals surface area contributed by atoms with Crippen LogP contribution in [-0.2, 0) is 0 Å². The summed E-state index contributed by atoms with van der Waals surface area (Å²) in [7, 11) is 0. The number of aromatic nitrogens is 1. The first-order chi connectivity index (χ1) is 7.99. The molecule has 90 valence electrons. The molecule has 3 N–H and O–H groups in total. The molecular formula is C11H10ClFN2OS. The Hall–Kier alpha value is -1.17. The van der Waals surface area contributed by atoms with Crippen molar-refractivity contribution in [1.82, 2.24) is 4.98 Å². The molecule has 2 aromatic rings. The van der Waals surface area contributed by atoms with Gasteiger partial charge < -0.3 is 10.8 Å². The largest absolute Gasteiger partial charge is 0.383 e. The third kappa shape index (κ3) is 2.41. The standard InChI is InChI=1S/C11H10ClFN2OS/c1-5-10(17-11(14)15-5)9(16)6-2-3-8(13)7(12)4-6/h2-4,9,16H,1H3,(H2,14,15). The molecule has 0 aliphatic heterocycles. The van der Waals surface area contributed by atoms with Gasteiger partial charge in [-0.2, -0.15) is 0 Å². The molecule has 6 heteroatoms. The van der Waals surface area contributed by atoms with Crippen LogP contribution < -0.4 is 5.73 Å². The van der Waals surface area contributed by atoms with Crippen LogP contribution in [0.15, 0.2) is 18.2 Å². The lowest BCUT2D eigenvalue weighted by atomic mass is 10.1. The highest BCUT2D eigenvalue weighted by Gasteiger charge is 2.18. The van der Waals surface area contributed by atoms with Crippen LogP contribution in [0.5, 0.6) is 0 Å². The third-order valence-electron chi connectivity index (χ3n) is 2.36. The van der Waals surface area contributed by atoms with Crippen molar-refractivity contribution in [3.63, 3.8) is 0 Å². The maximum absolute atomic E-state index is 13.0. The average Bonchev–Trinajstić information content (AvgIpc) is 2.61. The first kappa shape index (κ1) is 12.3. The Bertz CT molecular complexity index is 558. The highest BCUT2D eigenvalue weighted by molar-refractivity contribution is 7.15. The second-order valence-corrected chi connectivity index (χ2v) is 5.05. The number of aryl methyl sites for hydroxylation is 1. The van der Waals surface area contributed by atoms with Crippen molar-refractivity contribution in [2.24, 2.45) is 0 Å². The third-order valence-corrected chi connectivity index (χ3v) is 3.69. The van der Waals surface area contributed by atoms with Crippen LogP contribution in [-0.4, -0.2) is 10.1 Å². The van der Waals surface area contributed by atoms with Crippen LogP contribution >= 0.6 is 22.9 Å². The van der Waals surface area contributed by atoms with E-state index in [0.29, 0.717) is 21.3 Å². The molecule has 0 amide bonds. The lowest BCUT2D eigenvalue weighted by Gasteiger charge is -2.10. The van der Waals surface area contributed by atoms with Gasteiger partial charge in [0, 0.05) is 0 Å². The van der Waals surface area contributed by atoms with Gasteiger partial charge in [-0.05, 0) is 24.6 Å². The van der Waals surface area contributed by atoms with Gasteiger partial charge in [0.25, 0.3) is 0 Å². The molecule has 0 saturated carbocycles. The number of aliphatic hydroxyl groups is 1. The van der Waals surface area contributed by atoms with Crippen molar-refractivity contribution in [2.75, 3.05) is 5.73 Å². The molecule has 3 nitrogen and oxygen atoms in total. The number of nitrogens with zero attached hydrogens (tertiary/aromatic N) is 1. The molecule has 0 aliphatic carbocycles. The number of rotatable bonds is 2. The van der Waals surface area contributed by atoms with Crippen molar-refractivity contribution >= 4 is 28.1 Å². The van der Waals surface area contributed by atoms with Gasteiger partial charge in [0.15, 0.2) is 5.13 Å². The molecule has 2 rings (SSSR count). The normalized spacial score (nSPS) is 12.7. The fourth-order valence-corrected chi connectivity index (χ4v) is 2.56. The predicted molar refractivity (Wildman–Crippen MR) is 66.7 cm³/mol. The molecule has 0 radical (unpaired) electrons. The Labute approximate surface area is 107 Å². The van der Waals surface area contributed by atoms with Gasteiger partial charge in [-0.3, -0.25) is 0 Å². The first-order valence-corrected chi connectivity index (χ1v) is 6.04. The van der Waals surface area contributed by atoms with E-state index in [4.69, 9.17) is 17.3 Å². The fraction of sp³-hybridized carbons (Fsp3) is 0.182. The maximum Gasteiger partial charge on any atom is 0.180 e. The zero-order chi connectivity index (χ0) is 12.6. The van der Waals surface area contributed by atoms with Crippen LogP contribution in [0, 0.1) is 12.7 Å². The van der Waals surface area contributed by atoms with Crippen LogP contribution in [0.3, 0.4) is 0 Å². The van der Waals surface area contributed by atoms with Crippen molar-refractivity contribution < 1.29 is 9.50 Å². The molecule has 0 aliphatic rings. The molecule has 1 aromatic carbocycles. The van der Waals surface area contributed by atoms with E-state index in [9.17, 15) is 9.50 Å². The monoisotopic (exact) mass is 272 g/mol. The van der Waals surface area contributed by atoms with Gasteiger partial charge in [0.2, 0.25) is 0 Å². The number of hydrogen-bond donors (Lipinski definition) is 2. The van der Waals surface area contributed by atoms with Crippen LogP contribution in [0.2, 0.25) is 5.02 Å². The molecule has 0 spiro atoms. The number of halogens is 2. The van der Waals surface area contributed by atoms with E-state index in [1.807, 2.05) is 0 Å². The highest BCUT2D eigenvalue weighted by atomic mass is 35.5. The van der Waals surface area contributed by atoms with E-state index in [1.54, 1.807) is 6.92 Å². The average molecular weight is 273 g/mol. The number of anilines is 1. The summed E-state index contributed by atoms with van der Waals surface area (Å²) < 4.78 is 13.0. The lowest BCUT2D eigenvalue weighted by Crippen LogP contribution is -1.99. The lowest BCUT2D eigenvalue weighted by molar-refractivity contribution is 0.223. The Morgan fingerprint density at radius 3 is 2.76 bits per heavy atom. The minimum Gasteiger partial charge on any atom is -0.383 e. The zero-order valence-corrected chi connectivity index (χ0v) is 10.5. The maximum atomic E-state index is 13.0. The molecule has 0 saturated heterocycles. The highest BCUT2D eigenvalue weighted by Crippen LogP contribution is 2.32. The van der Waals surface area contributed by atoms with Gasteiger partial charge in [-0.15, -0.1) is 0 Å². The SMILES string of the molecule is Cc1nc(N)sc1C(O)c1ccc(F)c(Cl)c1. The van der Waals surface area contributed by atoms with E-state index >= 15 is 0 Å². The molecular weight excluding hydrogens is 263 g/mol. The number of nitrogen functional groups attached to an aromatic ring is 1. The summed E-state index contributed by atoms with van der Waals surface area (Å²) in [4.78, 5) is 4.67. The quantitative estimate of drug-likeness (QED) is 0.884. The van der Waals surface area contributed by atoms with E-state index in [1.165, 1.54) is 29.5 Å². The van der Waals surface area contributed by atoms with Crippen molar-refractivity contribution in [1.29, 1.82) is 0 Å². The second kappa shape index (κ2) is 4.60. The zero-order valence-electron chi connectivity index (χ0n) is 8.95. The minimum atomic E-state index is -0.886. The number of hydrogen-bond acceptors (Lipinski definition) is 4. The topological polar surface area (TPSA) is 59.1 Å². The molecule has 17 heavy (non-hydrogen) atoms. The van der Waals surface area contributed by atoms with Crippen molar-refractivity contribution in [2.45, 2.75) is 13.0 Å². The summed E-state index contributed by atoms with van der Waals surface area (Å²) in [6, 6.07) is 4.11. The smallest absolute Gasteiger partial charge is 0.180 e. The molecule has 1 aromatic heterocycles. The van der Waals surface area contributed by atoms with Gasteiger partial charge in [0.1, 0.15) is 11.9 Å². The Morgan fingerprint density at radius 1 is 1.53 bits per heavy atom. The Kier molecular flexibility index (Phi) is 3.33. The summed E-state index contributed by atoms with van der Waals surface area (Å²) in [6.07, 6.45) is -0.886. The molecule has 1 atom stereocenters. The van der Waals surface area contributed by atoms with E-state index in [0.717, 1.165) is 0 Å². The van der Waals surface area contributed by atoms with Gasteiger partial charge in [0.05, 0.1) is 15.6 Å². The van der Waals surface area contributed by atoms with Crippen LogP contribution in [0.1, 0.15) is 22.2 Å². The van der Waals surface area contributed by atoms with E-state index in [-0.39, 0.29) is 5.02 Å². The summed E-state index contributed by atoms with van der Waals surface area (Å²) in [5.74, 6) is -0.511. The van der Waals surface area contributed by atoms with Gasteiger partial charge in [-0.25, -0.2) is 9.37 Å². The summed E-state index contributed by atoms with van der Waals surface area (Å²) >= 11 is 6.87. The van der Waals surface area contributed by atoms with Crippen molar-refractivity contribution in [3.05, 3.63) is 45.2 Å². The van der Waals surface area contributed by atoms with Crippen molar-refractivity contribution in [3.8, 4) is 0 Å². The Morgan fingerprint density at radius 2 is 2.24 bits per heavy atom.